The molecule has 3 nitrogen and oxygen atoms in total. The van der Waals surface area contributed by atoms with Crippen LogP contribution in [0.1, 0.15) is 31.9 Å². The predicted octanol–water partition coefficient (Wildman–Crippen LogP) is 3.00. The van der Waals surface area contributed by atoms with Gasteiger partial charge in [-0.2, -0.15) is 0 Å². The second-order valence-corrected chi connectivity index (χ2v) is 6.49. The highest BCUT2D eigenvalue weighted by atomic mass is 79.9. The lowest BCUT2D eigenvalue weighted by Crippen LogP contribution is -2.39. The Bertz CT molecular complexity index is 465. The first-order valence-corrected chi connectivity index (χ1v) is 8.53. The summed E-state index contributed by atoms with van der Waals surface area (Å²) in [6.45, 7) is 8.91. The number of nitrogens with zero attached hydrogens (tertiary/aromatic N) is 2. The molecular formula is C16H25BrFN3. The Hall–Kier alpha value is -0.490. The summed E-state index contributed by atoms with van der Waals surface area (Å²) >= 11 is 3.43. The van der Waals surface area contributed by atoms with E-state index in [4.69, 9.17) is 5.73 Å². The molecule has 2 atom stereocenters. The lowest BCUT2D eigenvalue weighted by Gasteiger charge is -2.30. The van der Waals surface area contributed by atoms with Crippen LogP contribution >= 0.6 is 15.9 Å². The van der Waals surface area contributed by atoms with Gasteiger partial charge in [0, 0.05) is 41.8 Å². The van der Waals surface area contributed by atoms with E-state index >= 15 is 0 Å². The summed E-state index contributed by atoms with van der Waals surface area (Å²) in [5.41, 5.74) is 6.65. The topological polar surface area (TPSA) is 32.5 Å². The van der Waals surface area contributed by atoms with Crippen LogP contribution in [0.4, 0.5) is 4.39 Å². The SMILES string of the molecule is CCN(CC)C1CCN(C(CN)c2cc(Br)ccc2F)C1. The predicted molar refractivity (Wildman–Crippen MR) is 88.8 cm³/mol. The average molecular weight is 358 g/mol. The van der Waals surface area contributed by atoms with Crippen molar-refractivity contribution in [1.29, 1.82) is 0 Å². The number of benzene rings is 1. The van der Waals surface area contributed by atoms with Crippen molar-refractivity contribution in [2.45, 2.75) is 32.4 Å². The van der Waals surface area contributed by atoms with Crippen LogP contribution in [-0.2, 0) is 0 Å². The van der Waals surface area contributed by atoms with Crippen molar-refractivity contribution in [2.24, 2.45) is 5.73 Å². The van der Waals surface area contributed by atoms with Crippen molar-refractivity contribution in [3.05, 3.63) is 34.1 Å². The number of likely N-dealkylation sites (N-methyl/N-ethyl adjacent to an activating group) is 1. The summed E-state index contributed by atoms with van der Waals surface area (Å²) in [4.78, 5) is 4.80. The first-order valence-electron chi connectivity index (χ1n) is 7.73. The van der Waals surface area contributed by atoms with Crippen molar-refractivity contribution >= 4 is 15.9 Å². The molecule has 2 rings (SSSR count). The maximum Gasteiger partial charge on any atom is 0.128 e. The molecule has 5 heteroatoms. The normalized spacial score (nSPS) is 21.1. The van der Waals surface area contributed by atoms with Crippen LogP contribution < -0.4 is 5.73 Å². The first-order chi connectivity index (χ1) is 10.1. The van der Waals surface area contributed by atoms with Gasteiger partial charge in [0.1, 0.15) is 5.82 Å². The minimum atomic E-state index is -0.167. The molecule has 0 amide bonds. The van der Waals surface area contributed by atoms with Crippen LogP contribution in [0.15, 0.2) is 22.7 Å². The summed E-state index contributed by atoms with van der Waals surface area (Å²) < 4.78 is 15.0. The molecule has 118 valence electrons. The Balaban J connectivity index is 2.14. The van der Waals surface area contributed by atoms with Gasteiger partial charge in [0.15, 0.2) is 0 Å². The van der Waals surface area contributed by atoms with Gasteiger partial charge in [-0.25, -0.2) is 4.39 Å². The van der Waals surface area contributed by atoms with Gasteiger partial charge in [-0.3, -0.25) is 9.80 Å². The molecule has 1 saturated heterocycles. The minimum absolute atomic E-state index is 0.0388. The first kappa shape index (κ1) is 16.9. The second kappa shape index (κ2) is 7.68. The molecule has 21 heavy (non-hydrogen) atoms. The molecule has 1 aromatic rings. The summed E-state index contributed by atoms with van der Waals surface area (Å²) in [6.07, 6.45) is 1.13. The highest BCUT2D eigenvalue weighted by Gasteiger charge is 2.31. The maximum absolute atomic E-state index is 14.1. The lowest BCUT2D eigenvalue weighted by molar-refractivity contribution is 0.188. The molecule has 0 radical (unpaired) electrons. The molecule has 1 aromatic carbocycles. The van der Waals surface area contributed by atoms with E-state index in [9.17, 15) is 4.39 Å². The zero-order valence-electron chi connectivity index (χ0n) is 12.9. The van der Waals surface area contributed by atoms with Crippen molar-refractivity contribution in [3.63, 3.8) is 0 Å². The van der Waals surface area contributed by atoms with E-state index in [0.717, 1.165) is 37.1 Å². The highest BCUT2D eigenvalue weighted by molar-refractivity contribution is 9.10. The summed E-state index contributed by atoms with van der Waals surface area (Å²) in [5.74, 6) is -0.167. The number of halogens is 2. The Kier molecular flexibility index (Phi) is 6.17. The number of nitrogens with two attached hydrogens (primary N) is 1. The molecule has 0 saturated carbocycles. The third-order valence-electron chi connectivity index (χ3n) is 4.50. The van der Waals surface area contributed by atoms with Crippen molar-refractivity contribution < 1.29 is 4.39 Å². The van der Waals surface area contributed by atoms with Gasteiger partial charge < -0.3 is 5.73 Å². The number of hydrogen-bond acceptors (Lipinski definition) is 3. The molecule has 0 aliphatic carbocycles. The van der Waals surface area contributed by atoms with Crippen LogP contribution in [0.3, 0.4) is 0 Å². The zero-order chi connectivity index (χ0) is 15.4. The maximum atomic E-state index is 14.1. The van der Waals surface area contributed by atoms with Gasteiger partial charge in [0.2, 0.25) is 0 Å². The van der Waals surface area contributed by atoms with Crippen LogP contribution in [-0.4, -0.2) is 48.6 Å². The molecule has 0 spiro atoms. The number of likely N-dealkylation sites (tertiary alicyclic amines) is 1. The minimum Gasteiger partial charge on any atom is -0.329 e. The van der Waals surface area contributed by atoms with Crippen molar-refractivity contribution in [2.75, 3.05) is 32.7 Å². The largest absolute Gasteiger partial charge is 0.329 e. The van der Waals surface area contributed by atoms with E-state index in [1.54, 1.807) is 6.07 Å². The molecule has 1 fully saturated rings. The Labute approximate surface area is 135 Å². The molecule has 0 bridgehead atoms. The van der Waals surface area contributed by atoms with E-state index in [1.165, 1.54) is 6.07 Å². The fraction of sp³-hybridized carbons (Fsp3) is 0.625. The molecular weight excluding hydrogens is 333 g/mol. The fourth-order valence-corrected chi connectivity index (χ4v) is 3.71. The molecule has 1 aliphatic heterocycles. The zero-order valence-corrected chi connectivity index (χ0v) is 14.4. The fourth-order valence-electron chi connectivity index (χ4n) is 3.33. The van der Waals surface area contributed by atoms with Gasteiger partial charge in [0.25, 0.3) is 0 Å². The molecule has 1 heterocycles. The Morgan fingerprint density at radius 3 is 2.76 bits per heavy atom. The van der Waals surface area contributed by atoms with Crippen LogP contribution in [0.2, 0.25) is 0 Å². The van der Waals surface area contributed by atoms with Gasteiger partial charge in [0.05, 0.1) is 0 Å². The smallest absolute Gasteiger partial charge is 0.128 e. The number of rotatable bonds is 6. The van der Waals surface area contributed by atoms with Gasteiger partial charge >= 0.3 is 0 Å². The van der Waals surface area contributed by atoms with E-state index < -0.39 is 0 Å². The van der Waals surface area contributed by atoms with E-state index in [1.807, 2.05) is 6.07 Å². The van der Waals surface area contributed by atoms with E-state index in [-0.39, 0.29) is 11.9 Å². The summed E-state index contributed by atoms with van der Waals surface area (Å²) in [6, 6.07) is 5.62. The van der Waals surface area contributed by atoms with Gasteiger partial charge in [-0.1, -0.05) is 29.8 Å². The van der Waals surface area contributed by atoms with Crippen LogP contribution in [0.5, 0.6) is 0 Å². The lowest BCUT2D eigenvalue weighted by atomic mass is 10.1. The van der Waals surface area contributed by atoms with Gasteiger partial charge in [-0.05, 0) is 37.7 Å². The van der Waals surface area contributed by atoms with Crippen LogP contribution in [0, 0.1) is 5.82 Å². The second-order valence-electron chi connectivity index (χ2n) is 5.58. The molecule has 2 unspecified atom stereocenters. The summed E-state index contributed by atoms with van der Waals surface area (Å²) in [5, 5.41) is 0. The van der Waals surface area contributed by atoms with Gasteiger partial charge in [-0.15, -0.1) is 0 Å². The molecule has 1 aliphatic rings. The van der Waals surface area contributed by atoms with Crippen molar-refractivity contribution in [3.8, 4) is 0 Å². The highest BCUT2D eigenvalue weighted by Crippen LogP contribution is 2.29. The third kappa shape index (κ3) is 3.83. The Morgan fingerprint density at radius 2 is 2.14 bits per heavy atom. The monoisotopic (exact) mass is 357 g/mol. The third-order valence-corrected chi connectivity index (χ3v) is 5.00. The van der Waals surface area contributed by atoms with E-state index in [0.29, 0.717) is 18.2 Å². The number of hydrogen-bond donors (Lipinski definition) is 1. The molecule has 2 N–H and O–H groups in total. The Morgan fingerprint density at radius 1 is 1.43 bits per heavy atom. The summed E-state index contributed by atoms with van der Waals surface area (Å²) in [7, 11) is 0. The quantitative estimate of drug-likeness (QED) is 0.849. The van der Waals surface area contributed by atoms with Crippen LogP contribution in [0.25, 0.3) is 0 Å². The van der Waals surface area contributed by atoms with E-state index in [2.05, 4.69) is 39.6 Å². The standard InChI is InChI=1S/C16H25BrFN3/c1-3-20(4-2)13-7-8-21(11-13)16(10-19)14-9-12(17)5-6-15(14)18/h5-6,9,13,16H,3-4,7-8,10-11,19H2,1-2H3. The average Bonchev–Trinajstić information content (AvgIpc) is 2.94. The van der Waals surface area contributed by atoms with Crippen molar-refractivity contribution in [1.82, 2.24) is 9.80 Å². The molecule has 0 aromatic heterocycles.